The molecule has 6 heteroatoms. The Morgan fingerprint density at radius 2 is 1.68 bits per heavy atom. The van der Waals surface area contributed by atoms with Gasteiger partial charge in [0.1, 0.15) is 11.5 Å². The van der Waals surface area contributed by atoms with Crippen LogP contribution in [-0.4, -0.2) is 22.5 Å². The number of ether oxygens (including phenoxy) is 2. The predicted octanol–water partition coefficient (Wildman–Crippen LogP) is 4.44. The van der Waals surface area contributed by atoms with E-state index in [0.717, 1.165) is 10.8 Å². The summed E-state index contributed by atoms with van der Waals surface area (Å²) in [5, 5.41) is 4.99. The van der Waals surface area contributed by atoms with Crippen LogP contribution >= 0.6 is 0 Å². The molecule has 0 saturated heterocycles. The Labute approximate surface area is 161 Å². The summed E-state index contributed by atoms with van der Waals surface area (Å²) < 4.78 is 11.2. The lowest BCUT2D eigenvalue weighted by Gasteiger charge is -2.09. The van der Waals surface area contributed by atoms with Gasteiger partial charge in [0.2, 0.25) is 5.88 Å². The first-order chi connectivity index (χ1) is 13.8. The molecule has 138 valence electrons. The Morgan fingerprint density at radius 3 is 2.46 bits per heavy atom. The van der Waals surface area contributed by atoms with Crippen LogP contribution in [0.5, 0.6) is 17.4 Å². The van der Waals surface area contributed by atoms with Gasteiger partial charge in [-0.3, -0.25) is 9.78 Å². The highest BCUT2D eigenvalue weighted by molar-refractivity contribution is 5.92. The van der Waals surface area contributed by atoms with Crippen molar-refractivity contribution >= 4 is 22.4 Å². The first-order valence-corrected chi connectivity index (χ1v) is 8.72. The summed E-state index contributed by atoms with van der Waals surface area (Å²) in [6, 6.07) is 20.7. The lowest BCUT2D eigenvalue weighted by Crippen LogP contribution is -2.20. The molecule has 0 radical (unpaired) electrons. The minimum atomic E-state index is -0.240. The fraction of sp³-hybridized carbons (Fsp3) is 0.0455. The third-order valence-electron chi connectivity index (χ3n) is 3.99. The van der Waals surface area contributed by atoms with Gasteiger partial charge in [-0.2, -0.15) is 0 Å². The Bertz CT molecular complexity index is 1080. The van der Waals surface area contributed by atoms with Gasteiger partial charge in [0.05, 0.1) is 6.20 Å². The Morgan fingerprint density at radius 1 is 0.893 bits per heavy atom. The van der Waals surface area contributed by atoms with Gasteiger partial charge in [-0.1, -0.05) is 30.3 Å². The van der Waals surface area contributed by atoms with Crippen LogP contribution in [-0.2, 0) is 4.79 Å². The zero-order chi connectivity index (χ0) is 19.2. The van der Waals surface area contributed by atoms with Crippen molar-refractivity contribution < 1.29 is 14.3 Å². The molecule has 1 N–H and O–H groups in total. The molecule has 0 bridgehead atoms. The summed E-state index contributed by atoms with van der Waals surface area (Å²) in [5.74, 6) is 1.42. The maximum atomic E-state index is 12.1. The fourth-order valence-corrected chi connectivity index (χ4v) is 2.67. The standard InChI is InChI=1S/C22H17N3O3/c26-21(15-27-20-8-5-16-3-1-2-4-17(16)13-20)25-18-6-9-19(10-7-18)28-22-14-23-11-12-24-22/h1-14H,15H2,(H,25,26). The van der Waals surface area contributed by atoms with Crippen LogP contribution < -0.4 is 14.8 Å². The van der Waals surface area contributed by atoms with E-state index in [-0.39, 0.29) is 12.5 Å². The van der Waals surface area contributed by atoms with Crippen LogP contribution in [0.25, 0.3) is 10.8 Å². The monoisotopic (exact) mass is 371 g/mol. The second kappa shape index (κ2) is 8.18. The molecular formula is C22H17N3O3. The van der Waals surface area contributed by atoms with Gasteiger partial charge in [-0.05, 0) is 47.2 Å². The van der Waals surface area contributed by atoms with E-state index in [2.05, 4.69) is 15.3 Å². The van der Waals surface area contributed by atoms with Crippen LogP contribution in [0, 0.1) is 0 Å². The molecule has 0 aliphatic heterocycles. The summed E-state index contributed by atoms with van der Waals surface area (Å²) in [5.41, 5.74) is 0.651. The van der Waals surface area contributed by atoms with Crippen molar-refractivity contribution in [1.29, 1.82) is 0 Å². The van der Waals surface area contributed by atoms with Crippen molar-refractivity contribution in [2.24, 2.45) is 0 Å². The first-order valence-electron chi connectivity index (χ1n) is 8.72. The van der Waals surface area contributed by atoms with Crippen molar-refractivity contribution in [3.05, 3.63) is 85.3 Å². The molecule has 0 aliphatic carbocycles. The number of nitrogens with zero attached hydrogens (tertiary/aromatic N) is 2. The van der Waals surface area contributed by atoms with Gasteiger partial charge >= 0.3 is 0 Å². The summed E-state index contributed by atoms with van der Waals surface area (Å²) in [4.78, 5) is 20.1. The second-order valence-electron chi connectivity index (χ2n) is 6.02. The van der Waals surface area contributed by atoms with Gasteiger partial charge in [-0.15, -0.1) is 0 Å². The molecule has 0 unspecified atom stereocenters. The van der Waals surface area contributed by atoms with E-state index in [1.54, 1.807) is 36.7 Å². The molecule has 1 heterocycles. The number of fused-ring (bicyclic) bond motifs is 1. The second-order valence-corrected chi connectivity index (χ2v) is 6.02. The third-order valence-corrected chi connectivity index (χ3v) is 3.99. The van der Waals surface area contributed by atoms with Crippen LogP contribution in [0.4, 0.5) is 5.69 Å². The molecule has 3 aromatic carbocycles. The smallest absolute Gasteiger partial charge is 0.262 e. The van der Waals surface area contributed by atoms with Gasteiger partial charge in [0, 0.05) is 18.1 Å². The normalized spacial score (nSPS) is 10.4. The van der Waals surface area contributed by atoms with Crippen molar-refractivity contribution in [3.63, 3.8) is 0 Å². The highest BCUT2D eigenvalue weighted by atomic mass is 16.5. The average molecular weight is 371 g/mol. The average Bonchev–Trinajstić information content (AvgIpc) is 2.74. The third kappa shape index (κ3) is 4.42. The maximum Gasteiger partial charge on any atom is 0.262 e. The van der Waals surface area contributed by atoms with E-state index in [0.29, 0.717) is 23.1 Å². The molecule has 0 atom stereocenters. The van der Waals surface area contributed by atoms with Gasteiger partial charge in [0.25, 0.3) is 5.91 Å². The Hall–Kier alpha value is -3.93. The van der Waals surface area contributed by atoms with Crippen molar-refractivity contribution in [3.8, 4) is 17.4 Å². The minimum Gasteiger partial charge on any atom is -0.484 e. The van der Waals surface area contributed by atoms with E-state index in [4.69, 9.17) is 9.47 Å². The number of carbonyl (C=O) groups excluding carboxylic acids is 1. The van der Waals surface area contributed by atoms with Crippen molar-refractivity contribution in [1.82, 2.24) is 9.97 Å². The lowest BCUT2D eigenvalue weighted by atomic mass is 10.1. The van der Waals surface area contributed by atoms with Crippen molar-refractivity contribution in [2.45, 2.75) is 0 Å². The number of benzene rings is 3. The predicted molar refractivity (Wildman–Crippen MR) is 107 cm³/mol. The molecule has 0 saturated carbocycles. The van der Waals surface area contributed by atoms with Crippen LogP contribution in [0.2, 0.25) is 0 Å². The topological polar surface area (TPSA) is 73.3 Å². The number of nitrogens with one attached hydrogen (secondary N) is 1. The lowest BCUT2D eigenvalue weighted by molar-refractivity contribution is -0.118. The molecule has 4 rings (SSSR count). The Balaban J connectivity index is 1.31. The van der Waals surface area contributed by atoms with Crippen molar-refractivity contribution in [2.75, 3.05) is 11.9 Å². The molecule has 0 aliphatic rings. The number of rotatable bonds is 6. The number of amides is 1. The molecule has 1 aromatic heterocycles. The minimum absolute atomic E-state index is 0.0732. The van der Waals surface area contributed by atoms with Gasteiger partial charge in [0.15, 0.2) is 6.61 Å². The van der Waals surface area contributed by atoms with E-state index in [9.17, 15) is 4.79 Å². The quantitative estimate of drug-likeness (QED) is 0.542. The molecule has 6 nitrogen and oxygen atoms in total. The molecular weight excluding hydrogens is 354 g/mol. The Kier molecular flexibility index (Phi) is 5.11. The number of hydrogen-bond acceptors (Lipinski definition) is 5. The van der Waals surface area contributed by atoms with Gasteiger partial charge in [-0.25, -0.2) is 4.98 Å². The van der Waals surface area contributed by atoms with E-state index >= 15 is 0 Å². The summed E-state index contributed by atoms with van der Waals surface area (Å²) in [7, 11) is 0. The largest absolute Gasteiger partial charge is 0.484 e. The van der Waals surface area contributed by atoms with Crippen LogP contribution in [0.3, 0.4) is 0 Å². The molecule has 28 heavy (non-hydrogen) atoms. The molecule has 1 amide bonds. The highest BCUT2D eigenvalue weighted by Crippen LogP contribution is 2.22. The number of anilines is 1. The first kappa shape index (κ1) is 17.5. The molecule has 4 aromatic rings. The van der Waals surface area contributed by atoms with E-state index < -0.39 is 0 Å². The fourth-order valence-electron chi connectivity index (χ4n) is 2.67. The number of carbonyl (C=O) groups is 1. The maximum absolute atomic E-state index is 12.1. The van der Waals surface area contributed by atoms with E-state index in [1.165, 1.54) is 6.20 Å². The van der Waals surface area contributed by atoms with Crippen LogP contribution in [0.1, 0.15) is 0 Å². The highest BCUT2D eigenvalue weighted by Gasteiger charge is 2.05. The number of aromatic nitrogens is 2. The zero-order valence-corrected chi connectivity index (χ0v) is 14.9. The SMILES string of the molecule is O=C(COc1ccc2ccccc2c1)Nc1ccc(Oc2cnccn2)cc1. The number of hydrogen-bond donors (Lipinski definition) is 1. The van der Waals surface area contributed by atoms with E-state index in [1.807, 2.05) is 42.5 Å². The molecule has 0 spiro atoms. The summed E-state index contributed by atoms with van der Waals surface area (Å²) >= 11 is 0. The zero-order valence-electron chi connectivity index (χ0n) is 14.9. The summed E-state index contributed by atoms with van der Waals surface area (Å²) in [6.07, 6.45) is 4.66. The van der Waals surface area contributed by atoms with Crippen LogP contribution in [0.15, 0.2) is 85.3 Å². The summed E-state index contributed by atoms with van der Waals surface area (Å²) in [6.45, 7) is -0.0732. The van der Waals surface area contributed by atoms with Gasteiger partial charge < -0.3 is 14.8 Å². The molecule has 0 fully saturated rings.